The van der Waals surface area contributed by atoms with Crippen LogP contribution in [0.1, 0.15) is 106 Å². The van der Waals surface area contributed by atoms with Crippen LogP contribution < -0.4 is 82.3 Å². The predicted octanol–water partition coefficient (Wildman–Crippen LogP) is -5.08. The number of aliphatic hydroxyl groups excluding tert-OH is 1. The highest BCUT2D eigenvalue weighted by molar-refractivity contribution is 5.99. The molecule has 0 aliphatic carbocycles. The number of likely N-dealkylation sites (tertiary alicyclic amines) is 3. The lowest BCUT2D eigenvalue weighted by Gasteiger charge is -2.32. The molecule has 37 heteroatoms. The molecule has 3 fully saturated rings. The number of aliphatic carboxylic acids is 1. The SMILES string of the molecule is NCCCC[C@H](NC(=O)CNC(=O)[C@H](CCCN=C(N)N)NC(=O)[C@H](Cc1ccccc1)NC(=O)[C@@H]1CCCN1C(=O)[C@H](CO)NC(=O)[C@H](Cc1ccccc1)NC(=O)CNC(=O)[C@@H]1CCCN1C(=O)[C@@H]1CCCN1C(=O)[C@@H](N)CCCN=C(N)N)C(=O)N[C@@H](Cc1ccccc1)C(=O)N[C@@H](Cc1cnc[nH]1)C(=O)O. The molecule has 596 valence electrons. The quantitative estimate of drug-likeness (QED) is 0.0112. The van der Waals surface area contributed by atoms with Crippen molar-refractivity contribution in [2.45, 2.75) is 176 Å². The van der Waals surface area contributed by atoms with Crippen LogP contribution >= 0.6 is 0 Å². The topological polar surface area (TPSA) is 590 Å². The molecule has 37 nitrogen and oxygen atoms in total. The Kier molecular flexibility index (Phi) is 34.3. The molecule has 0 radical (unpaired) electrons. The van der Waals surface area contributed by atoms with Gasteiger partial charge in [-0.15, -0.1) is 0 Å². The number of carboxylic acids is 1. The van der Waals surface area contributed by atoms with Crippen LogP contribution in [0.3, 0.4) is 0 Å². The summed E-state index contributed by atoms with van der Waals surface area (Å²) in [4.78, 5) is 201. The Morgan fingerprint density at radius 3 is 1.44 bits per heavy atom. The fourth-order valence-corrected chi connectivity index (χ4v) is 13.3. The number of nitrogens with two attached hydrogens (primary N) is 6. The van der Waals surface area contributed by atoms with Crippen molar-refractivity contribution < 1.29 is 72.5 Å². The Balaban J connectivity index is 0.991. The Hall–Kier alpha value is -11.6. The van der Waals surface area contributed by atoms with Crippen LogP contribution in [0.2, 0.25) is 0 Å². The van der Waals surface area contributed by atoms with E-state index < -0.39 is 163 Å². The highest BCUT2D eigenvalue weighted by Gasteiger charge is 2.44. The first-order chi connectivity index (χ1) is 52.8. The first kappa shape index (κ1) is 85.6. The van der Waals surface area contributed by atoms with Gasteiger partial charge in [-0.3, -0.25) is 67.5 Å². The number of hydrogen-bond donors (Lipinski definition) is 18. The minimum Gasteiger partial charge on any atom is -0.480 e. The highest BCUT2D eigenvalue weighted by atomic mass is 16.4. The van der Waals surface area contributed by atoms with Gasteiger partial charge in [0, 0.05) is 70.3 Å². The molecule has 1 aromatic heterocycles. The summed E-state index contributed by atoms with van der Waals surface area (Å²) in [5.41, 5.74) is 36.2. The van der Waals surface area contributed by atoms with Gasteiger partial charge in [0.05, 0.1) is 32.1 Å². The second kappa shape index (κ2) is 44.0. The number of H-pyrrole nitrogens is 1. The van der Waals surface area contributed by atoms with Gasteiger partial charge in [0.25, 0.3) is 0 Å². The molecule has 3 saturated heterocycles. The van der Waals surface area contributed by atoms with E-state index in [9.17, 15) is 72.5 Å². The lowest BCUT2D eigenvalue weighted by Crippen LogP contribution is -2.60. The van der Waals surface area contributed by atoms with E-state index in [1.807, 2.05) is 0 Å². The van der Waals surface area contributed by atoms with Crippen LogP contribution in [0.15, 0.2) is 114 Å². The number of aromatic amines is 1. The summed E-state index contributed by atoms with van der Waals surface area (Å²) in [5.74, 6) is -10.8. The summed E-state index contributed by atoms with van der Waals surface area (Å²) in [7, 11) is 0. The van der Waals surface area contributed by atoms with Gasteiger partial charge < -0.3 is 112 Å². The third-order valence-corrected chi connectivity index (χ3v) is 19.0. The van der Waals surface area contributed by atoms with E-state index in [2.05, 4.69) is 67.8 Å². The lowest BCUT2D eigenvalue weighted by molar-refractivity contribution is -0.147. The zero-order valence-electron chi connectivity index (χ0n) is 61.4. The zero-order valence-corrected chi connectivity index (χ0v) is 61.4. The molecule has 0 bridgehead atoms. The number of aliphatic imine (C=N–C) groups is 2. The number of carbonyl (C=O) groups is 13. The molecule has 3 aromatic carbocycles. The number of rotatable bonds is 43. The smallest absolute Gasteiger partial charge is 0.326 e. The summed E-state index contributed by atoms with van der Waals surface area (Å²) < 4.78 is 0. The second-order valence-electron chi connectivity index (χ2n) is 27.2. The van der Waals surface area contributed by atoms with Crippen molar-refractivity contribution in [1.82, 2.24) is 72.5 Å². The molecule has 0 unspecified atom stereocenters. The van der Waals surface area contributed by atoms with Crippen molar-refractivity contribution in [1.29, 1.82) is 0 Å². The number of nitrogens with zero attached hydrogens (tertiary/aromatic N) is 6. The fourth-order valence-electron chi connectivity index (χ4n) is 13.3. The number of carbonyl (C=O) groups excluding carboxylic acids is 12. The number of hydrogen-bond acceptors (Lipinski definition) is 19. The average molecular weight is 1530 g/mol. The Bertz CT molecular complexity index is 3810. The largest absolute Gasteiger partial charge is 0.480 e. The number of unbranched alkanes of at least 4 members (excludes halogenated alkanes) is 1. The van der Waals surface area contributed by atoms with E-state index in [1.54, 1.807) is 91.0 Å². The molecular weight excluding hydrogens is 1420 g/mol. The van der Waals surface area contributed by atoms with Gasteiger partial charge >= 0.3 is 5.97 Å². The highest BCUT2D eigenvalue weighted by Crippen LogP contribution is 2.27. The van der Waals surface area contributed by atoms with Crippen molar-refractivity contribution in [2.24, 2.45) is 44.4 Å². The van der Waals surface area contributed by atoms with Crippen LogP contribution in [0.25, 0.3) is 0 Å². The monoisotopic (exact) mass is 1530 g/mol. The molecule has 7 rings (SSSR count). The van der Waals surface area contributed by atoms with Crippen LogP contribution in [0, 0.1) is 0 Å². The molecule has 0 spiro atoms. The summed E-state index contributed by atoms with van der Waals surface area (Å²) in [6.45, 7) is -1.34. The number of benzene rings is 3. The standard InChI is InChI=1S/C73H104N22O15/c74-29-11-10-24-50(62(100)89-52(36-45-19-6-2-7-20-45)65(103)91-54(71(109)110)38-47-39-80-43-85-47)86-59(97)40-83-61(99)49(25-13-31-82-73(78)79)88-64(102)53(37-46-21-8-3-9-22-46)90-67(105)57-27-15-32-93(57)69(107)55(42-96)92-63(101)51(35-44-17-4-1-5-18-44)87-60(98)41-84-66(104)56-26-14-33-94(56)70(108)58-28-16-34-95(58)68(106)48(75)23-12-30-81-72(76)77/h1-9,17-22,39,43,48-58,96H,10-16,23-38,40-42,74-75H2,(H,80,85)(H,83,99)(H,84,104)(H,86,97)(H,87,98)(H,88,102)(H,89,100)(H,90,105)(H,91,103)(H,92,101)(H,109,110)(H4,76,77,81)(H4,78,79,82)/t48-,49-,50-,51-,52-,53-,54-,55-,56-,57-,58-/m0/s1. The number of amides is 12. The minimum atomic E-state index is -1.67. The molecule has 12 amide bonds. The van der Waals surface area contributed by atoms with Gasteiger partial charge in [0.2, 0.25) is 70.9 Å². The molecule has 24 N–H and O–H groups in total. The van der Waals surface area contributed by atoms with Gasteiger partial charge in [-0.25, -0.2) is 9.78 Å². The summed E-state index contributed by atoms with van der Waals surface area (Å²) in [5, 5.41) is 44.3. The normalized spacial score (nSPS) is 17.4. The number of imidazole rings is 1. The first-order valence-electron chi connectivity index (χ1n) is 36.9. The van der Waals surface area contributed by atoms with Crippen LogP contribution in [-0.2, 0) is 88.0 Å². The van der Waals surface area contributed by atoms with Crippen LogP contribution in [0.4, 0.5) is 0 Å². The Morgan fingerprint density at radius 2 is 0.918 bits per heavy atom. The molecule has 0 saturated carbocycles. The van der Waals surface area contributed by atoms with Crippen molar-refractivity contribution in [2.75, 3.05) is 59.0 Å². The number of aliphatic hydroxyl groups is 1. The van der Waals surface area contributed by atoms with E-state index in [-0.39, 0.29) is 115 Å². The summed E-state index contributed by atoms with van der Waals surface area (Å²) in [6, 6.07) is 11.7. The number of nitrogens with one attached hydrogen (secondary N) is 10. The maximum Gasteiger partial charge on any atom is 0.326 e. The second-order valence-corrected chi connectivity index (χ2v) is 27.2. The number of aromatic nitrogens is 2. The van der Waals surface area contributed by atoms with Crippen LogP contribution in [-0.4, -0.2) is 249 Å². The van der Waals surface area contributed by atoms with Crippen LogP contribution in [0.5, 0.6) is 0 Å². The van der Waals surface area contributed by atoms with E-state index in [0.717, 1.165) is 4.90 Å². The summed E-state index contributed by atoms with van der Waals surface area (Å²) in [6.07, 6.45) is 5.73. The maximum atomic E-state index is 14.7. The van der Waals surface area contributed by atoms with E-state index >= 15 is 0 Å². The minimum absolute atomic E-state index is 0.00121. The first-order valence-corrected chi connectivity index (χ1v) is 36.9. The molecular formula is C73H104N22O15. The van der Waals surface area contributed by atoms with Crippen molar-refractivity contribution in [3.63, 3.8) is 0 Å². The molecule has 110 heavy (non-hydrogen) atoms. The molecule has 4 heterocycles. The molecule has 3 aliphatic heterocycles. The third kappa shape index (κ3) is 27.0. The molecule has 11 atom stereocenters. The number of guanidine groups is 2. The summed E-state index contributed by atoms with van der Waals surface area (Å²) >= 11 is 0. The van der Waals surface area contributed by atoms with Gasteiger partial charge in [-0.2, -0.15) is 0 Å². The van der Waals surface area contributed by atoms with E-state index in [1.165, 1.54) is 22.3 Å². The van der Waals surface area contributed by atoms with E-state index in [4.69, 9.17) is 34.4 Å². The third-order valence-electron chi connectivity index (χ3n) is 19.0. The van der Waals surface area contributed by atoms with E-state index in [0.29, 0.717) is 67.5 Å². The van der Waals surface area contributed by atoms with Gasteiger partial charge in [-0.05, 0) is 107 Å². The molecule has 4 aromatic rings. The van der Waals surface area contributed by atoms with Crippen molar-refractivity contribution >= 4 is 88.8 Å². The Morgan fingerprint density at radius 1 is 0.482 bits per heavy atom. The lowest BCUT2D eigenvalue weighted by atomic mass is 10.0. The fraction of sp³-hybridized carbons (Fsp3) is 0.507. The average Bonchev–Trinajstić information content (AvgIpc) is 1.63. The number of carboxylic acid groups (broad SMARTS) is 1. The Labute approximate surface area is 636 Å². The van der Waals surface area contributed by atoms with Gasteiger partial charge in [0.1, 0.15) is 60.4 Å². The van der Waals surface area contributed by atoms with Crippen molar-refractivity contribution in [3.05, 3.63) is 126 Å². The van der Waals surface area contributed by atoms with Gasteiger partial charge in [-0.1, -0.05) is 91.0 Å². The van der Waals surface area contributed by atoms with Crippen molar-refractivity contribution in [3.8, 4) is 0 Å². The zero-order chi connectivity index (χ0) is 79.7. The van der Waals surface area contributed by atoms with Gasteiger partial charge in [0.15, 0.2) is 11.9 Å². The predicted molar refractivity (Wildman–Crippen MR) is 402 cm³/mol. The molecule has 3 aliphatic rings. The maximum absolute atomic E-state index is 14.7.